The zero-order valence-corrected chi connectivity index (χ0v) is 11.9. The Balaban J connectivity index is 2.95. The van der Waals surface area contributed by atoms with E-state index in [4.69, 9.17) is 22.1 Å². The Hall–Kier alpha value is -1.07. The van der Waals surface area contributed by atoms with Crippen LogP contribution in [0.1, 0.15) is 13.8 Å². The van der Waals surface area contributed by atoms with Crippen molar-refractivity contribution in [3.8, 4) is 5.75 Å². The summed E-state index contributed by atoms with van der Waals surface area (Å²) in [4.78, 5) is 8.13. The highest BCUT2D eigenvalue weighted by Crippen LogP contribution is 2.23. The maximum Gasteiger partial charge on any atom is 0.319 e. The Morgan fingerprint density at radius 2 is 2.06 bits per heavy atom. The van der Waals surface area contributed by atoms with Crippen molar-refractivity contribution in [1.82, 2.24) is 0 Å². The minimum absolute atomic E-state index is 0.0445. The van der Waals surface area contributed by atoms with E-state index in [1.54, 1.807) is 12.1 Å². The third kappa shape index (κ3) is 5.19. The number of nitrogens with two attached hydrogens (primary N) is 1. The third-order valence-electron chi connectivity index (χ3n) is 1.61. The highest BCUT2D eigenvalue weighted by molar-refractivity contribution is 9.18. The van der Waals surface area contributed by atoms with Crippen LogP contribution < -0.4 is 10.5 Å². The first-order valence-electron chi connectivity index (χ1n) is 4.99. The highest BCUT2D eigenvalue weighted by atomic mass is 79.9. The summed E-state index contributed by atoms with van der Waals surface area (Å²) in [5.41, 5.74) is 5.43. The van der Waals surface area contributed by atoms with Gasteiger partial charge in [0.05, 0.1) is 5.02 Å². The molecule has 4 nitrogen and oxygen atoms in total. The normalized spacial score (nSPS) is 13.0. The van der Waals surface area contributed by atoms with Crippen LogP contribution in [0.2, 0.25) is 5.02 Å². The van der Waals surface area contributed by atoms with Crippen molar-refractivity contribution in [2.45, 2.75) is 19.9 Å². The Kier molecular flexibility index (Phi) is 5.44. The number of halogens is 2. The minimum atomic E-state index is 0.0445. The van der Waals surface area contributed by atoms with Crippen molar-refractivity contribution >= 4 is 38.3 Å². The molecule has 0 atom stereocenters. The summed E-state index contributed by atoms with van der Waals surface area (Å²) in [5.74, 6) is 0.492. The lowest BCUT2D eigenvalue weighted by Gasteiger charge is -2.07. The summed E-state index contributed by atoms with van der Waals surface area (Å²) >= 11 is 9.00. The van der Waals surface area contributed by atoms with Crippen LogP contribution in [0.5, 0.6) is 5.75 Å². The molecule has 2 N–H and O–H groups in total. The Morgan fingerprint density at radius 1 is 1.41 bits per heavy atom. The van der Waals surface area contributed by atoms with Crippen LogP contribution in [0.15, 0.2) is 34.3 Å². The number of amidine groups is 2. The van der Waals surface area contributed by atoms with Crippen LogP contribution in [0.4, 0.5) is 0 Å². The molecule has 0 aliphatic heterocycles. The van der Waals surface area contributed by atoms with Crippen LogP contribution in [0, 0.1) is 0 Å². The second-order valence-corrected chi connectivity index (χ2v) is 4.69. The molecule has 0 unspecified atom stereocenters. The predicted octanol–water partition coefficient (Wildman–Crippen LogP) is 3.19. The van der Waals surface area contributed by atoms with Gasteiger partial charge in [-0.05, 0) is 41.9 Å². The highest BCUT2D eigenvalue weighted by Gasteiger charge is 2.06. The number of para-hydroxylation sites is 1. The monoisotopic (exact) mass is 317 g/mol. The quantitative estimate of drug-likeness (QED) is 0.517. The fourth-order valence-electron chi connectivity index (χ4n) is 1.02. The summed E-state index contributed by atoms with van der Waals surface area (Å²) in [6, 6.07) is 7.31. The van der Waals surface area contributed by atoms with E-state index in [2.05, 4.69) is 25.9 Å². The average molecular weight is 319 g/mol. The lowest BCUT2D eigenvalue weighted by atomic mass is 10.3. The number of aliphatic imine (C=N–C) groups is 2. The van der Waals surface area contributed by atoms with Crippen molar-refractivity contribution in [3.63, 3.8) is 0 Å². The summed E-state index contributed by atoms with van der Waals surface area (Å²) in [6.45, 7) is 3.83. The molecule has 0 saturated heterocycles. The van der Waals surface area contributed by atoms with Crippen LogP contribution in [-0.2, 0) is 0 Å². The molecular weight excluding hydrogens is 305 g/mol. The largest absolute Gasteiger partial charge is 0.423 e. The lowest BCUT2D eigenvalue weighted by molar-refractivity contribution is 0.534. The van der Waals surface area contributed by atoms with Crippen molar-refractivity contribution in [2.75, 3.05) is 0 Å². The van der Waals surface area contributed by atoms with Gasteiger partial charge in [-0.15, -0.1) is 0 Å². The first-order chi connectivity index (χ1) is 7.99. The molecular formula is C11H13BrClN3O. The summed E-state index contributed by atoms with van der Waals surface area (Å²) in [6.07, 6.45) is 0. The van der Waals surface area contributed by atoms with E-state index in [1.807, 2.05) is 26.0 Å². The van der Waals surface area contributed by atoms with Gasteiger partial charge < -0.3 is 10.5 Å². The van der Waals surface area contributed by atoms with Gasteiger partial charge in [0.25, 0.3) is 0 Å². The van der Waals surface area contributed by atoms with Crippen LogP contribution in [0.25, 0.3) is 0 Å². The summed E-state index contributed by atoms with van der Waals surface area (Å²) < 4.78 is 5.69. The SMILES string of the molecule is CC(C)N=C(N=C(N)Br)Oc1ccccc1Cl. The molecule has 1 aromatic carbocycles. The van der Waals surface area contributed by atoms with Gasteiger partial charge >= 0.3 is 6.02 Å². The van der Waals surface area contributed by atoms with Gasteiger partial charge in [0.2, 0.25) is 0 Å². The average Bonchev–Trinajstić information content (AvgIpc) is 2.19. The molecule has 0 amide bonds. The Bertz CT molecular complexity index is 442. The summed E-state index contributed by atoms with van der Waals surface area (Å²) in [7, 11) is 0. The number of benzene rings is 1. The zero-order valence-electron chi connectivity index (χ0n) is 9.52. The van der Waals surface area contributed by atoms with Gasteiger partial charge in [0, 0.05) is 6.04 Å². The van der Waals surface area contributed by atoms with E-state index in [0.29, 0.717) is 10.8 Å². The molecule has 0 aliphatic carbocycles. The van der Waals surface area contributed by atoms with E-state index in [1.165, 1.54) is 0 Å². The molecule has 1 aromatic rings. The molecule has 0 radical (unpaired) electrons. The molecule has 92 valence electrons. The van der Waals surface area contributed by atoms with Gasteiger partial charge in [-0.3, -0.25) is 0 Å². The molecule has 0 aliphatic rings. The second kappa shape index (κ2) is 6.61. The molecule has 0 heterocycles. The number of hydrogen-bond acceptors (Lipinski definition) is 2. The second-order valence-electron chi connectivity index (χ2n) is 3.47. The fraction of sp³-hybridized carbons (Fsp3) is 0.273. The molecule has 0 fully saturated rings. The van der Waals surface area contributed by atoms with Crippen molar-refractivity contribution in [3.05, 3.63) is 29.3 Å². The van der Waals surface area contributed by atoms with Gasteiger partial charge in [-0.1, -0.05) is 23.7 Å². The van der Waals surface area contributed by atoms with E-state index >= 15 is 0 Å². The van der Waals surface area contributed by atoms with E-state index < -0.39 is 0 Å². The maximum atomic E-state index is 5.97. The van der Waals surface area contributed by atoms with E-state index in [0.717, 1.165) is 0 Å². The number of ether oxygens (including phenoxy) is 1. The molecule has 17 heavy (non-hydrogen) atoms. The minimum Gasteiger partial charge on any atom is -0.423 e. The van der Waals surface area contributed by atoms with Gasteiger partial charge in [0.15, 0.2) is 4.74 Å². The number of hydrogen-bond donors (Lipinski definition) is 1. The molecule has 0 saturated carbocycles. The van der Waals surface area contributed by atoms with Crippen molar-refractivity contribution in [2.24, 2.45) is 15.7 Å². The molecule has 0 bridgehead atoms. The summed E-state index contributed by atoms with van der Waals surface area (Å²) in [5, 5.41) is 0.493. The van der Waals surface area contributed by atoms with Crippen LogP contribution in [0.3, 0.4) is 0 Å². The molecule has 1 rings (SSSR count). The Labute approximate surface area is 114 Å². The standard InChI is InChI=1S/C11H13BrClN3O/c1-7(2)15-11(16-10(12)14)17-9-6-4-3-5-8(9)13/h3-7H,1-2H3,(H2,14,15,16). The van der Waals surface area contributed by atoms with E-state index in [9.17, 15) is 0 Å². The maximum absolute atomic E-state index is 5.97. The number of rotatable bonds is 2. The zero-order chi connectivity index (χ0) is 12.8. The molecule has 0 aromatic heterocycles. The first kappa shape index (κ1) is 14.0. The van der Waals surface area contributed by atoms with Crippen molar-refractivity contribution < 1.29 is 4.74 Å². The molecule has 0 spiro atoms. The predicted molar refractivity (Wildman–Crippen MR) is 75.2 cm³/mol. The first-order valence-corrected chi connectivity index (χ1v) is 6.16. The van der Waals surface area contributed by atoms with Crippen LogP contribution in [-0.4, -0.2) is 16.8 Å². The van der Waals surface area contributed by atoms with E-state index in [-0.39, 0.29) is 16.8 Å². The molecule has 6 heteroatoms. The Morgan fingerprint density at radius 3 is 2.59 bits per heavy atom. The number of nitrogens with zero attached hydrogens (tertiary/aromatic N) is 2. The topological polar surface area (TPSA) is 60.0 Å². The van der Waals surface area contributed by atoms with Gasteiger partial charge in [0.1, 0.15) is 5.75 Å². The fourth-order valence-corrected chi connectivity index (χ4v) is 1.34. The third-order valence-corrected chi connectivity index (χ3v) is 2.10. The van der Waals surface area contributed by atoms with Gasteiger partial charge in [-0.2, -0.15) is 4.99 Å². The van der Waals surface area contributed by atoms with Crippen molar-refractivity contribution in [1.29, 1.82) is 0 Å². The smallest absolute Gasteiger partial charge is 0.319 e. The van der Waals surface area contributed by atoms with Crippen LogP contribution >= 0.6 is 27.5 Å². The lowest BCUT2D eigenvalue weighted by Crippen LogP contribution is -2.13. The van der Waals surface area contributed by atoms with Gasteiger partial charge in [-0.25, -0.2) is 4.99 Å².